The first-order valence-corrected chi connectivity index (χ1v) is 5.99. The highest BCUT2D eigenvalue weighted by molar-refractivity contribution is 6.75. The molecule has 77 valence electrons. The van der Waals surface area contributed by atoms with Crippen LogP contribution >= 0.6 is 0 Å². The second-order valence-electron chi connectivity index (χ2n) is 2.87. The molecule has 0 saturated heterocycles. The van der Waals surface area contributed by atoms with Gasteiger partial charge >= 0.3 is 8.80 Å². The lowest BCUT2D eigenvalue weighted by atomic mass is 10.2. The van der Waals surface area contributed by atoms with E-state index in [9.17, 15) is 0 Å². The van der Waals surface area contributed by atoms with Crippen LogP contribution in [0, 0.1) is 6.92 Å². The first-order chi connectivity index (χ1) is 6.68. The Kier molecular flexibility index (Phi) is 3.83. The average Bonchev–Trinajstić information content (AvgIpc) is 2.24. The Morgan fingerprint density at radius 2 is 1.36 bits per heavy atom. The molecular formula is C10H15O3Si. The summed E-state index contributed by atoms with van der Waals surface area (Å²) in [5.41, 5.74) is 0.958. The fourth-order valence-corrected chi connectivity index (χ4v) is 3.09. The van der Waals surface area contributed by atoms with E-state index >= 15 is 0 Å². The quantitative estimate of drug-likeness (QED) is 0.694. The van der Waals surface area contributed by atoms with Crippen molar-refractivity contribution in [3.63, 3.8) is 0 Å². The Morgan fingerprint density at radius 1 is 0.929 bits per heavy atom. The van der Waals surface area contributed by atoms with Gasteiger partial charge in [0, 0.05) is 26.5 Å². The maximum Gasteiger partial charge on any atom is 0.536 e. The van der Waals surface area contributed by atoms with Gasteiger partial charge in [-0.1, -0.05) is 24.3 Å². The van der Waals surface area contributed by atoms with E-state index in [-0.39, 0.29) is 0 Å². The van der Waals surface area contributed by atoms with Gasteiger partial charge in [0.2, 0.25) is 0 Å². The lowest BCUT2D eigenvalue weighted by Crippen LogP contribution is -2.54. The number of benzene rings is 1. The molecule has 0 spiro atoms. The smallest absolute Gasteiger partial charge is 0.373 e. The van der Waals surface area contributed by atoms with Crippen LogP contribution in [0.1, 0.15) is 5.56 Å². The molecule has 1 rings (SSSR count). The van der Waals surface area contributed by atoms with Crippen molar-refractivity contribution in [2.75, 3.05) is 21.3 Å². The molecule has 4 heteroatoms. The molecule has 1 radical (unpaired) electrons. The van der Waals surface area contributed by atoms with Gasteiger partial charge in [0.25, 0.3) is 0 Å². The normalized spacial score (nSPS) is 11.7. The third-order valence-electron chi connectivity index (χ3n) is 2.11. The van der Waals surface area contributed by atoms with Gasteiger partial charge in [0.05, 0.1) is 0 Å². The highest BCUT2D eigenvalue weighted by Gasteiger charge is 2.40. The minimum absolute atomic E-state index is 0.942. The van der Waals surface area contributed by atoms with E-state index in [1.807, 2.05) is 24.3 Å². The molecule has 0 amide bonds. The maximum absolute atomic E-state index is 5.34. The monoisotopic (exact) mass is 211 g/mol. The molecule has 1 aromatic rings. The molecule has 1 aromatic carbocycles. The molecule has 0 atom stereocenters. The van der Waals surface area contributed by atoms with Crippen LogP contribution in [0.3, 0.4) is 0 Å². The molecule has 0 aromatic heterocycles. The van der Waals surface area contributed by atoms with Crippen LogP contribution in [0.25, 0.3) is 0 Å². The molecule has 0 N–H and O–H groups in total. The molecule has 0 aliphatic rings. The van der Waals surface area contributed by atoms with Gasteiger partial charge < -0.3 is 13.3 Å². The molecule has 0 aliphatic heterocycles. The van der Waals surface area contributed by atoms with Crippen LogP contribution in [-0.4, -0.2) is 30.1 Å². The van der Waals surface area contributed by atoms with Crippen LogP contribution in [-0.2, 0) is 13.3 Å². The predicted molar refractivity (Wildman–Crippen MR) is 57.3 cm³/mol. The number of hydrogen-bond acceptors (Lipinski definition) is 3. The van der Waals surface area contributed by atoms with E-state index in [1.165, 1.54) is 0 Å². The van der Waals surface area contributed by atoms with E-state index < -0.39 is 8.80 Å². The van der Waals surface area contributed by atoms with Crippen molar-refractivity contribution >= 4 is 14.0 Å². The van der Waals surface area contributed by atoms with Crippen LogP contribution in [0.15, 0.2) is 24.3 Å². The average molecular weight is 211 g/mol. The SMILES string of the molecule is [CH2]c1ccc([Si](OC)(OC)OC)cc1. The molecule has 14 heavy (non-hydrogen) atoms. The molecule has 0 saturated carbocycles. The lowest BCUT2D eigenvalue weighted by Gasteiger charge is -2.24. The van der Waals surface area contributed by atoms with Crippen molar-refractivity contribution in [3.05, 3.63) is 36.8 Å². The molecule has 0 aliphatic carbocycles. The zero-order valence-corrected chi connectivity index (χ0v) is 9.74. The summed E-state index contributed by atoms with van der Waals surface area (Å²) in [5, 5.41) is 0.942. The summed E-state index contributed by atoms with van der Waals surface area (Å²) in [5.74, 6) is 0. The van der Waals surface area contributed by atoms with Gasteiger partial charge in [-0.3, -0.25) is 0 Å². The summed E-state index contributed by atoms with van der Waals surface area (Å²) >= 11 is 0. The fourth-order valence-electron chi connectivity index (χ4n) is 1.31. The third kappa shape index (κ3) is 2.04. The Bertz CT molecular complexity index is 272. The van der Waals surface area contributed by atoms with Crippen molar-refractivity contribution in [2.24, 2.45) is 0 Å². The van der Waals surface area contributed by atoms with Crippen molar-refractivity contribution in [1.82, 2.24) is 0 Å². The van der Waals surface area contributed by atoms with Crippen molar-refractivity contribution in [3.8, 4) is 0 Å². The lowest BCUT2D eigenvalue weighted by molar-refractivity contribution is 0.140. The maximum atomic E-state index is 5.34. The zero-order chi connectivity index (χ0) is 10.6. The first kappa shape index (κ1) is 11.4. The first-order valence-electron chi connectivity index (χ1n) is 4.26. The zero-order valence-electron chi connectivity index (χ0n) is 8.74. The van der Waals surface area contributed by atoms with Crippen molar-refractivity contribution < 1.29 is 13.3 Å². The van der Waals surface area contributed by atoms with Crippen LogP contribution in [0.4, 0.5) is 0 Å². The van der Waals surface area contributed by atoms with E-state index in [1.54, 1.807) is 21.3 Å². The van der Waals surface area contributed by atoms with E-state index in [2.05, 4.69) is 6.92 Å². The standard InChI is InChI=1S/C10H15O3Si/c1-9-5-7-10(8-6-9)14(11-2,12-3)13-4/h5-8H,1H2,2-4H3. The highest BCUT2D eigenvalue weighted by atomic mass is 28.4. The van der Waals surface area contributed by atoms with Gasteiger partial charge in [-0.05, 0) is 12.5 Å². The minimum atomic E-state index is -2.64. The van der Waals surface area contributed by atoms with Gasteiger partial charge in [0.15, 0.2) is 0 Å². The van der Waals surface area contributed by atoms with E-state index in [0.717, 1.165) is 10.8 Å². The van der Waals surface area contributed by atoms with Crippen molar-refractivity contribution in [1.29, 1.82) is 0 Å². The van der Waals surface area contributed by atoms with Gasteiger partial charge in [0.1, 0.15) is 0 Å². The van der Waals surface area contributed by atoms with Crippen molar-refractivity contribution in [2.45, 2.75) is 0 Å². The molecular weight excluding hydrogens is 196 g/mol. The van der Waals surface area contributed by atoms with Crippen LogP contribution in [0.5, 0.6) is 0 Å². The second-order valence-corrected chi connectivity index (χ2v) is 5.78. The van der Waals surface area contributed by atoms with Gasteiger partial charge in [-0.15, -0.1) is 0 Å². The topological polar surface area (TPSA) is 27.7 Å². The minimum Gasteiger partial charge on any atom is -0.373 e. The van der Waals surface area contributed by atoms with E-state index in [0.29, 0.717) is 0 Å². The van der Waals surface area contributed by atoms with Gasteiger partial charge in [-0.2, -0.15) is 0 Å². The van der Waals surface area contributed by atoms with Crippen LogP contribution in [0.2, 0.25) is 0 Å². The van der Waals surface area contributed by atoms with E-state index in [4.69, 9.17) is 13.3 Å². The molecule has 3 nitrogen and oxygen atoms in total. The van der Waals surface area contributed by atoms with Crippen LogP contribution < -0.4 is 5.19 Å². The summed E-state index contributed by atoms with van der Waals surface area (Å²) in [7, 11) is 2.14. The summed E-state index contributed by atoms with van der Waals surface area (Å²) in [6.45, 7) is 3.81. The molecule has 0 unspecified atom stereocenters. The summed E-state index contributed by atoms with van der Waals surface area (Å²) in [6, 6.07) is 7.67. The predicted octanol–water partition coefficient (Wildman–Crippen LogP) is 0.954. The Labute approximate surface area is 86.0 Å². The molecule has 0 bridgehead atoms. The fraction of sp³-hybridized carbons (Fsp3) is 0.300. The Morgan fingerprint density at radius 3 is 1.71 bits per heavy atom. The highest BCUT2D eigenvalue weighted by Crippen LogP contribution is 2.07. The number of hydrogen-bond donors (Lipinski definition) is 0. The second kappa shape index (κ2) is 4.70. The largest absolute Gasteiger partial charge is 0.536 e. The van der Waals surface area contributed by atoms with Gasteiger partial charge in [-0.25, -0.2) is 0 Å². The third-order valence-corrected chi connectivity index (χ3v) is 4.77. The molecule has 0 fully saturated rings. The summed E-state index contributed by atoms with van der Waals surface area (Å²) in [6.07, 6.45) is 0. The molecule has 0 heterocycles. The Hall–Kier alpha value is -0.683. The number of rotatable bonds is 4. The Balaban J connectivity index is 3.05. The summed E-state index contributed by atoms with van der Waals surface area (Å²) < 4.78 is 16.0. The summed E-state index contributed by atoms with van der Waals surface area (Å²) in [4.78, 5) is 0.